The Hall–Kier alpha value is -2.20. The Morgan fingerprint density at radius 1 is 1.25 bits per heavy atom. The first-order chi connectivity index (χ1) is 9.70. The molecule has 1 atom stereocenters. The second-order valence-electron chi connectivity index (χ2n) is 4.86. The fourth-order valence-electron chi connectivity index (χ4n) is 2.50. The lowest BCUT2D eigenvalue weighted by Gasteiger charge is -2.13. The van der Waals surface area contributed by atoms with E-state index in [0.29, 0.717) is 0 Å². The molecule has 2 heterocycles. The Bertz CT molecular complexity index is 743. The number of hydrogen-bond donors (Lipinski definition) is 1. The molecule has 0 spiro atoms. The van der Waals surface area contributed by atoms with Gasteiger partial charge in [-0.15, -0.1) is 0 Å². The van der Waals surface area contributed by atoms with Crippen molar-refractivity contribution in [1.82, 2.24) is 14.8 Å². The van der Waals surface area contributed by atoms with Crippen LogP contribution in [0.25, 0.3) is 10.9 Å². The average Bonchev–Trinajstić information content (AvgIpc) is 2.87. The van der Waals surface area contributed by atoms with E-state index in [0.717, 1.165) is 34.3 Å². The molecule has 0 saturated carbocycles. The highest BCUT2D eigenvalue weighted by molar-refractivity contribution is 5.82. The molecular weight excluding hydrogens is 250 g/mol. The van der Waals surface area contributed by atoms with Gasteiger partial charge in [0.25, 0.3) is 0 Å². The first kappa shape index (κ1) is 12.8. The van der Waals surface area contributed by atoms with E-state index in [1.165, 1.54) is 0 Å². The maximum Gasteiger partial charge on any atom is 0.121 e. The molecule has 4 heteroatoms. The van der Waals surface area contributed by atoms with E-state index in [9.17, 15) is 5.11 Å². The van der Waals surface area contributed by atoms with Gasteiger partial charge >= 0.3 is 0 Å². The molecule has 3 aromatic rings. The molecule has 0 saturated heterocycles. The van der Waals surface area contributed by atoms with E-state index in [1.54, 1.807) is 10.9 Å². The quantitative estimate of drug-likeness (QED) is 0.793. The van der Waals surface area contributed by atoms with Crippen LogP contribution in [0.2, 0.25) is 0 Å². The maximum atomic E-state index is 10.7. The molecule has 0 aliphatic carbocycles. The van der Waals surface area contributed by atoms with Gasteiger partial charge in [0.05, 0.1) is 16.9 Å². The molecule has 1 aromatic carbocycles. The van der Waals surface area contributed by atoms with Gasteiger partial charge in [-0.05, 0) is 30.2 Å². The van der Waals surface area contributed by atoms with Crippen LogP contribution in [0, 0.1) is 0 Å². The minimum absolute atomic E-state index is 0.694. The van der Waals surface area contributed by atoms with Gasteiger partial charge in [-0.2, -0.15) is 5.10 Å². The lowest BCUT2D eigenvalue weighted by atomic mass is 10.0. The molecule has 2 aromatic heterocycles. The van der Waals surface area contributed by atoms with Gasteiger partial charge in [-0.3, -0.25) is 9.67 Å². The fraction of sp³-hybridized carbons (Fsp3) is 0.250. The summed E-state index contributed by atoms with van der Waals surface area (Å²) in [7, 11) is 1.86. The summed E-state index contributed by atoms with van der Waals surface area (Å²) in [5.41, 5.74) is 3.54. The number of aliphatic hydroxyl groups is 1. The highest BCUT2D eigenvalue weighted by Gasteiger charge is 2.18. The zero-order valence-electron chi connectivity index (χ0n) is 11.6. The van der Waals surface area contributed by atoms with Crippen LogP contribution in [0.1, 0.15) is 30.0 Å². The van der Waals surface area contributed by atoms with Gasteiger partial charge in [0.1, 0.15) is 6.10 Å². The van der Waals surface area contributed by atoms with Gasteiger partial charge in [0, 0.05) is 18.6 Å². The van der Waals surface area contributed by atoms with E-state index in [-0.39, 0.29) is 0 Å². The number of pyridine rings is 1. The van der Waals surface area contributed by atoms with Crippen LogP contribution in [0.4, 0.5) is 0 Å². The number of aryl methyl sites for hydroxylation is 2. The van der Waals surface area contributed by atoms with Gasteiger partial charge in [0.2, 0.25) is 0 Å². The van der Waals surface area contributed by atoms with Crippen LogP contribution in [0.5, 0.6) is 0 Å². The normalized spacial score (nSPS) is 12.8. The molecule has 0 radical (unpaired) electrons. The third-order valence-corrected chi connectivity index (χ3v) is 3.58. The number of fused-ring (bicyclic) bond motifs is 1. The number of hydrogen-bond acceptors (Lipinski definition) is 3. The molecule has 1 N–H and O–H groups in total. The minimum Gasteiger partial charge on any atom is -0.382 e. The van der Waals surface area contributed by atoms with Gasteiger partial charge in [-0.25, -0.2) is 0 Å². The predicted molar refractivity (Wildman–Crippen MR) is 78.4 cm³/mol. The Balaban J connectivity index is 2.12. The van der Waals surface area contributed by atoms with Crippen molar-refractivity contribution in [2.24, 2.45) is 7.05 Å². The van der Waals surface area contributed by atoms with E-state index >= 15 is 0 Å². The summed E-state index contributed by atoms with van der Waals surface area (Å²) < 4.78 is 1.75. The minimum atomic E-state index is -0.694. The lowest BCUT2D eigenvalue weighted by Crippen LogP contribution is -2.07. The summed E-state index contributed by atoms with van der Waals surface area (Å²) in [4.78, 5) is 4.33. The third-order valence-electron chi connectivity index (χ3n) is 3.58. The number of aromatic nitrogens is 3. The molecule has 3 rings (SSSR count). The molecule has 0 aliphatic rings. The van der Waals surface area contributed by atoms with E-state index < -0.39 is 6.10 Å². The average molecular weight is 267 g/mol. The number of nitrogens with zero attached hydrogens (tertiary/aromatic N) is 3. The summed E-state index contributed by atoms with van der Waals surface area (Å²) in [5.74, 6) is 0. The first-order valence-electron chi connectivity index (χ1n) is 6.75. The van der Waals surface area contributed by atoms with Crippen molar-refractivity contribution in [1.29, 1.82) is 0 Å². The predicted octanol–water partition coefficient (Wildman–Crippen LogP) is 2.61. The molecular formula is C16H17N3O. The second-order valence-corrected chi connectivity index (χ2v) is 4.86. The van der Waals surface area contributed by atoms with Crippen molar-refractivity contribution in [3.8, 4) is 0 Å². The fourth-order valence-corrected chi connectivity index (χ4v) is 2.50. The van der Waals surface area contributed by atoms with Crippen LogP contribution >= 0.6 is 0 Å². The summed E-state index contributed by atoms with van der Waals surface area (Å²) in [5, 5.41) is 16.1. The van der Waals surface area contributed by atoms with Crippen molar-refractivity contribution < 1.29 is 5.11 Å². The molecule has 4 nitrogen and oxygen atoms in total. The topological polar surface area (TPSA) is 50.9 Å². The van der Waals surface area contributed by atoms with Gasteiger partial charge in [0.15, 0.2) is 0 Å². The molecule has 0 aliphatic heterocycles. The molecule has 0 fully saturated rings. The SMILES string of the molecule is CCc1cc(C(O)c2cccc3ncccc23)n(C)n1. The Kier molecular flexibility index (Phi) is 3.24. The van der Waals surface area contributed by atoms with Crippen molar-refractivity contribution in [3.05, 3.63) is 59.5 Å². The largest absolute Gasteiger partial charge is 0.382 e. The summed E-state index contributed by atoms with van der Waals surface area (Å²) in [6.07, 6.45) is 1.93. The molecule has 1 unspecified atom stereocenters. The number of benzene rings is 1. The summed E-state index contributed by atoms with van der Waals surface area (Å²) in [6.45, 7) is 2.06. The Labute approximate surface area is 117 Å². The number of aliphatic hydroxyl groups excluding tert-OH is 1. The van der Waals surface area contributed by atoms with E-state index in [4.69, 9.17) is 0 Å². The van der Waals surface area contributed by atoms with Crippen molar-refractivity contribution in [3.63, 3.8) is 0 Å². The van der Waals surface area contributed by atoms with Crippen LogP contribution < -0.4 is 0 Å². The standard InChI is InChI=1S/C16H17N3O/c1-3-11-10-15(19(2)18-11)16(20)13-6-4-8-14-12(13)7-5-9-17-14/h4-10,16,20H,3H2,1-2H3. The van der Waals surface area contributed by atoms with Crippen LogP contribution in [0.15, 0.2) is 42.6 Å². The molecule has 0 amide bonds. The summed E-state index contributed by atoms with van der Waals surface area (Å²) in [6, 6.07) is 11.6. The van der Waals surface area contributed by atoms with Crippen molar-refractivity contribution >= 4 is 10.9 Å². The zero-order chi connectivity index (χ0) is 14.1. The molecule has 102 valence electrons. The molecule has 20 heavy (non-hydrogen) atoms. The Morgan fingerprint density at radius 2 is 2.10 bits per heavy atom. The molecule has 0 bridgehead atoms. The van der Waals surface area contributed by atoms with Crippen LogP contribution in [-0.4, -0.2) is 19.9 Å². The van der Waals surface area contributed by atoms with E-state index in [2.05, 4.69) is 17.0 Å². The third kappa shape index (κ3) is 2.08. The highest BCUT2D eigenvalue weighted by atomic mass is 16.3. The monoisotopic (exact) mass is 267 g/mol. The highest BCUT2D eigenvalue weighted by Crippen LogP contribution is 2.28. The van der Waals surface area contributed by atoms with Gasteiger partial charge in [-0.1, -0.05) is 25.1 Å². The maximum absolute atomic E-state index is 10.7. The number of rotatable bonds is 3. The van der Waals surface area contributed by atoms with E-state index in [1.807, 2.05) is 43.4 Å². The van der Waals surface area contributed by atoms with Crippen molar-refractivity contribution in [2.75, 3.05) is 0 Å². The van der Waals surface area contributed by atoms with Gasteiger partial charge < -0.3 is 5.11 Å². The zero-order valence-corrected chi connectivity index (χ0v) is 11.6. The smallest absolute Gasteiger partial charge is 0.121 e. The van der Waals surface area contributed by atoms with Crippen LogP contribution in [-0.2, 0) is 13.5 Å². The lowest BCUT2D eigenvalue weighted by molar-refractivity contribution is 0.211. The first-order valence-corrected chi connectivity index (χ1v) is 6.75. The van der Waals surface area contributed by atoms with Crippen molar-refractivity contribution in [2.45, 2.75) is 19.4 Å². The Morgan fingerprint density at radius 3 is 2.85 bits per heavy atom. The van der Waals surface area contributed by atoms with Crippen LogP contribution in [0.3, 0.4) is 0 Å². The summed E-state index contributed by atoms with van der Waals surface area (Å²) >= 11 is 0. The second kappa shape index (κ2) is 5.06.